The molecule has 0 aliphatic rings. The number of carbonyl (C=O) groups is 1. The second-order valence-electron chi connectivity index (χ2n) is 5.34. The van der Waals surface area contributed by atoms with Crippen LogP contribution in [0.15, 0.2) is 42.5 Å². The fourth-order valence-corrected chi connectivity index (χ4v) is 2.54. The molecule has 0 aliphatic carbocycles. The number of nitrogens with one attached hydrogen (secondary N) is 2. The summed E-state index contributed by atoms with van der Waals surface area (Å²) in [6.07, 6.45) is 0. The zero-order valence-electron chi connectivity index (χ0n) is 13.1. The van der Waals surface area contributed by atoms with Crippen LogP contribution in [0.25, 0.3) is 22.6 Å². The van der Waals surface area contributed by atoms with E-state index in [1.54, 1.807) is 17.8 Å². The van der Waals surface area contributed by atoms with Gasteiger partial charge in [-0.2, -0.15) is 5.10 Å². The number of rotatable bonds is 3. The van der Waals surface area contributed by atoms with Crippen LogP contribution in [0.5, 0.6) is 0 Å². The molecule has 1 aromatic carbocycles. The Labute approximate surface area is 146 Å². The first-order chi connectivity index (χ1) is 12.1. The Morgan fingerprint density at radius 3 is 2.80 bits per heavy atom. The first-order valence-electron chi connectivity index (χ1n) is 7.40. The standard InChI is InChI=1S/C16H12ClN7O/c1-24-12(15-18-9-4-2-3-5-10(9)19-15)8-14(23-24)20-16(25)11-6-7-13(17)22-21-11/h2-8H,1H3,(H,18,19)(H,20,23,25). The van der Waals surface area contributed by atoms with Crippen LogP contribution >= 0.6 is 11.6 Å². The molecule has 0 fully saturated rings. The molecule has 0 aliphatic heterocycles. The van der Waals surface area contributed by atoms with Gasteiger partial charge in [0.2, 0.25) is 0 Å². The number of benzene rings is 1. The minimum atomic E-state index is -0.418. The van der Waals surface area contributed by atoms with Crippen molar-refractivity contribution in [3.05, 3.63) is 53.3 Å². The maximum atomic E-state index is 12.2. The number of aryl methyl sites for hydroxylation is 1. The molecule has 8 nitrogen and oxygen atoms in total. The highest BCUT2D eigenvalue weighted by Gasteiger charge is 2.15. The van der Waals surface area contributed by atoms with Crippen molar-refractivity contribution in [1.29, 1.82) is 0 Å². The van der Waals surface area contributed by atoms with E-state index in [9.17, 15) is 4.79 Å². The molecule has 0 spiro atoms. The quantitative estimate of drug-likeness (QED) is 0.589. The van der Waals surface area contributed by atoms with Crippen molar-refractivity contribution in [2.24, 2.45) is 7.05 Å². The van der Waals surface area contributed by atoms with E-state index in [1.165, 1.54) is 12.1 Å². The van der Waals surface area contributed by atoms with Crippen LogP contribution in [-0.2, 0) is 7.05 Å². The molecule has 0 saturated heterocycles. The van der Waals surface area contributed by atoms with E-state index >= 15 is 0 Å². The van der Waals surface area contributed by atoms with Crippen LogP contribution < -0.4 is 5.32 Å². The first-order valence-corrected chi connectivity index (χ1v) is 7.78. The van der Waals surface area contributed by atoms with Gasteiger partial charge in [-0.3, -0.25) is 9.48 Å². The van der Waals surface area contributed by atoms with E-state index in [0.717, 1.165) is 16.7 Å². The van der Waals surface area contributed by atoms with Crippen molar-refractivity contribution >= 4 is 34.4 Å². The summed E-state index contributed by atoms with van der Waals surface area (Å²) < 4.78 is 1.64. The monoisotopic (exact) mass is 353 g/mol. The third-order valence-corrected chi connectivity index (χ3v) is 3.82. The lowest BCUT2D eigenvalue weighted by Gasteiger charge is -1.99. The lowest BCUT2D eigenvalue weighted by atomic mass is 10.3. The Bertz CT molecular complexity index is 1030. The Kier molecular flexibility index (Phi) is 3.66. The molecule has 0 bridgehead atoms. The molecule has 2 N–H and O–H groups in total. The zero-order chi connectivity index (χ0) is 17.4. The normalized spacial score (nSPS) is 11.0. The number of anilines is 1. The van der Waals surface area contributed by atoms with E-state index in [1.807, 2.05) is 24.3 Å². The third kappa shape index (κ3) is 2.94. The van der Waals surface area contributed by atoms with Crippen LogP contribution in [0.4, 0.5) is 5.82 Å². The number of aromatic nitrogens is 6. The number of hydrogen-bond acceptors (Lipinski definition) is 5. The summed E-state index contributed by atoms with van der Waals surface area (Å²) in [7, 11) is 1.78. The minimum absolute atomic E-state index is 0.153. The second-order valence-corrected chi connectivity index (χ2v) is 5.72. The van der Waals surface area contributed by atoms with Gasteiger partial charge in [-0.05, 0) is 24.3 Å². The van der Waals surface area contributed by atoms with Gasteiger partial charge < -0.3 is 10.3 Å². The van der Waals surface area contributed by atoms with Gasteiger partial charge in [0, 0.05) is 13.1 Å². The number of fused-ring (bicyclic) bond motifs is 1. The summed E-state index contributed by atoms with van der Waals surface area (Å²) >= 11 is 5.67. The lowest BCUT2D eigenvalue weighted by Crippen LogP contribution is -2.14. The van der Waals surface area contributed by atoms with Gasteiger partial charge in [-0.1, -0.05) is 23.7 Å². The highest BCUT2D eigenvalue weighted by atomic mass is 35.5. The van der Waals surface area contributed by atoms with Crippen molar-refractivity contribution < 1.29 is 4.79 Å². The van der Waals surface area contributed by atoms with Crippen molar-refractivity contribution in [3.8, 4) is 11.5 Å². The average Bonchev–Trinajstić information content (AvgIpc) is 3.18. The van der Waals surface area contributed by atoms with Gasteiger partial charge >= 0.3 is 0 Å². The van der Waals surface area contributed by atoms with Crippen molar-refractivity contribution in [1.82, 2.24) is 29.9 Å². The van der Waals surface area contributed by atoms with Gasteiger partial charge in [-0.25, -0.2) is 4.98 Å². The molecular weight excluding hydrogens is 342 g/mol. The number of carbonyl (C=O) groups excluding carboxylic acids is 1. The van der Waals surface area contributed by atoms with Crippen molar-refractivity contribution in [2.45, 2.75) is 0 Å². The molecule has 1 amide bonds. The van der Waals surface area contributed by atoms with Crippen LogP contribution in [0.3, 0.4) is 0 Å². The Balaban J connectivity index is 1.61. The molecule has 0 atom stereocenters. The molecule has 0 saturated carbocycles. The predicted octanol–water partition coefficient (Wildman–Crippen LogP) is 2.66. The minimum Gasteiger partial charge on any atom is -0.337 e. The number of halogens is 1. The molecule has 25 heavy (non-hydrogen) atoms. The maximum absolute atomic E-state index is 12.2. The summed E-state index contributed by atoms with van der Waals surface area (Å²) in [6.45, 7) is 0. The predicted molar refractivity (Wildman–Crippen MR) is 93.3 cm³/mol. The summed E-state index contributed by atoms with van der Waals surface area (Å²) in [6, 6.07) is 12.5. The van der Waals surface area contributed by atoms with E-state index in [-0.39, 0.29) is 10.8 Å². The Hall–Kier alpha value is -3.26. The van der Waals surface area contributed by atoms with Crippen LogP contribution in [0.2, 0.25) is 5.15 Å². The molecule has 3 heterocycles. The fraction of sp³-hybridized carbons (Fsp3) is 0.0625. The lowest BCUT2D eigenvalue weighted by molar-refractivity contribution is 0.102. The smallest absolute Gasteiger partial charge is 0.277 e. The second kappa shape index (κ2) is 5.99. The highest BCUT2D eigenvalue weighted by Crippen LogP contribution is 2.22. The van der Waals surface area contributed by atoms with E-state index in [0.29, 0.717) is 11.6 Å². The van der Waals surface area contributed by atoms with Crippen LogP contribution in [0, 0.1) is 0 Å². The summed E-state index contributed by atoms with van der Waals surface area (Å²) in [5.41, 5.74) is 2.69. The van der Waals surface area contributed by atoms with Gasteiger partial charge in [0.05, 0.1) is 11.0 Å². The van der Waals surface area contributed by atoms with Gasteiger partial charge in [0.25, 0.3) is 5.91 Å². The molecule has 3 aromatic heterocycles. The topological polar surface area (TPSA) is 101 Å². The fourth-order valence-electron chi connectivity index (χ4n) is 2.44. The number of hydrogen-bond donors (Lipinski definition) is 2. The maximum Gasteiger partial charge on any atom is 0.277 e. The Morgan fingerprint density at radius 2 is 2.04 bits per heavy atom. The molecule has 124 valence electrons. The number of H-pyrrole nitrogens is 1. The average molecular weight is 354 g/mol. The Morgan fingerprint density at radius 1 is 1.20 bits per heavy atom. The summed E-state index contributed by atoms with van der Waals surface area (Å²) in [5.74, 6) is 0.640. The largest absolute Gasteiger partial charge is 0.337 e. The summed E-state index contributed by atoms with van der Waals surface area (Å²) in [4.78, 5) is 20.0. The van der Waals surface area contributed by atoms with E-state index in [2.05, 4.69) is 30.6 Å². The van der Waals surface area contributed by atoms with Gasteiger partial charge in [0.15, 0.2) is 22.5 Å². The van der Waals surface area contributed by atoms with Gasteiger partial charge in [0.1, 0.15) is 5.69 Å². The van der Waals surface area contributed by atoms with Crippen LogP contribution in [-0.4, -0.2) is 35.9 Å². The zero-order valence-corrected chi connectivity index (χ0v) is 13.8. The molecular formula is C16H12ClN7O. The number of amides is 1. The highest BCUT2D eigenvalue weighted by molar-refractivity contribution is 6.29. The number of aromatic amines is 1. The van der Waals surface area contributed by atoms with Gasteiger partial charge in [-0.15, -0.1) is 10.2 Å². The number of para-hydroxylation sites is 2. The van der Waals surface area contributed by atoms with Crippen molar-refractivity contribution in [3.63, 3.8) is 0 Å². The molecule has 4 aromatic rings. The molecule has 0 unspecified atom stereocenters. The van der Waals surface area contributed by atoms with E-state index in [4.69, 9.17) is 11.6 Å². The van der Waals surface area contributed by atoms with Crippen molar-refractivity contribution in [2.75, 3.05) is 5.32 Å². The molecule has 9 heteroatoms. The number of imidazole rings is 1. The number of nitrogens with zero attached hydrogens (tertiary/aromatic N) is 5. The summed E-state index contributed by atoms with van der Waals surface area (Å²) in [5, 5.41) is 14.6. The first kappa shape index (κ1) is 15.3. The van der Waals surface area contributed by atoms with E-state index < -0.39 is 5.91 Å². The third-order valence-electron chi connectivity index (χ3n) is 3.62. The molecule has 0 radical (unpaired) electrons. The SMILES string of the molecule is Cn1nc(NC(=O)c2ccc(Cl)nn2)cc1-c1nc2ccccc2[nH]1. The molecule has 4 rings (SSSR count). The van der Waals surface area contributed by atoms with Crippen LogP contribution in [0.1, 0.15) is 10.5 Å².